The topological polar surface area (TPSA) is 95.9 Å². The van der Waals surface area contributed by atoms with Gasteiger partial charge in [-0.3, -0.25) is 9.59 Å². The molecule has 3 rings (SSSR count). The van der Waals surface area contributed by atoms with Crippen molar-refractivity contribution in [1.82, 2.24) is 10.2 Å². The Hall–Kier alpha value is -3.35. The maximum atomic E-state index is 13.0. The summed E-state index contributed by atoms with van der Waals surface area (Å²) in [5.41, 5.74) is 4.54. The molecule has 2 N–H and O–H groups in total. The van der Waals surface area contributed by atoms with E-state index in [2.05, 4.69) is 29.6 Å². The van der Waals surface area contributed by atoms with E-state index in [-0.39, 0.29) is 31.4 Å². The maximum absolute atomic E-state index is 13.0. The molecule has 2 aromatic carbocycles. The van der Waals surface area contributed by atoms with Crippen LogP contribution in [0.5, 0.6) is 0 Å². The van der Waals surface area contributed by atoms with Crippen molar-refractivity contribution in [1.29, 1.82) is 0 Å². The van der Waals surface area contributed by atoms with Crippen molar-refractivity contribution in [2.75, 3.05) is 19.7 Å². The van der Waals surface area contributed by atoms with Gasteiger partial charge in [0.05, 0.1) is 6.42 Å². The number of carboxylic acid groups (broad SMARTS) is 1. The molecular formula is C26H32N2O5. The Balaban J connectivity index is 1.65. The molecule has 2 aromatic rings. The van der Waals surface area contributed by atoms with Crippen LogP contribution in [0.15, 0.2) is 48.5 Å². The van der Waals surface area contributed by atoms with Crippen LogP contribution in [-0.4, -0.2) is 53.7 Å². The third-order valence-electron chi connectivity index (χ3n) is 5.91. The average molecular weight is 453 g/mol. The number of nitrogens with zero attached hydrogens (tertiary/aromatic N) is 1. The number of rotatable bonds is 11. The van der Waals surface area contributed by atoms with Crippen molar-refractivity contribution < 1.29 is 24.2 Å². The highest BCUT2D eigenvalue weighted by molar-refractivity contribution is 5.86. The van der Waals surface area contributed by atoms with Crippen molar-refractivity contribution >= 4 is 18.0 Å². The second-order valence-corrected chi connectivity index (χ2v) is 8.28. The summed E-state index contributed by atoms with van der Waals surface area (Å²) in [7, 11) is 0. The SMILES string of the molecule is CCC[C@@H](NC(=O)OCC1c2ccccc2-c2ccccc21)C(=O)N(CCC)CCC(=O)O. The van der Waals surface area contributed by atoms with Crippen LogP contribution in [0, 0.1) is 0 Å². The lowest BCUT2D eigenvalue weighted by Gasteiger charge is -2.27. The molecule has 0 fully saturated rings. The Labute approximate surface area is 194 Å². The molecule has 0 radical (unpaired) electrons. The molecule has 1 atom stereocenters. The molecular weight excluding hydrogens is 420 g/mol. The largest absolute Gasteiger partial charge is 0.481 e. The van der Waals surface area contributed by atoms with E-state index in [1.807, 2.05) is 38.1 Å². The van der Waals surface area contributed by atoms with E-state index in [1.165, 1.54) is 4.90 Å². The lowest BCUT2D eigenvalue weighted by atomic mass is 9.98. The molecule has 2 amide bonds. The molecule has 7 nitrogen and oxygen atoms in total. The van der Waals surface area contributed by atoms with Gasteiger partial charge in [0, 0.05) is 19.0 Å². The number of carbonyl (C=O) groups is 3. The van der Waals surface area contributed by atoms with Crippen molar-refractivity contribution in [3.8, 4) is 11.1 Å². The smallest absolute Gasteiger partial charge is 0.407 e. The summed E-state index contributed by atoms with van der Waals surface area (Å²) in [5.74, 6) is -1.29. The molecule has 7 heteroatoms. The zero-order chi connectivity index (χ0) is 23.8. The van der Waals surface area contributed by atoms with Crippen LogP contribution in [0.4, 0.5) is 4.79 Å². The minimum Gasteiger partial charge on any atom is -0.481 e. The van der Waals surface area contributed by atoms with Crippen molar-refractivity contribution in [2.45, 2.75) is 51.5 Å². The second kappa shape index (κ2) is 11.5. The summed E-state index contributed by atoms with van der Waals surface area (Å²) < 4.78 is 5.59. The third kappa shape index (κ3) is 5.92. The van der Waals surface area contributed by atoms with E-state index in [0.29, 0.717) is 25.8 Å². The van der Waals surface area contributed by atoms with E-state index in [1.54, 1.807) is 0 Å². The van der Waals surface area contributed by atoms with Gasteiger partial charge in [-0.2, -0.15) is 0 Å². The first-order valence-corrected chi connectivity index (χ1v) is 11.6. The van der Waals surface area contributed by atoms with Crippen LogP contribution in [-0.2, 0) is 14.3 Å². The summed E-state index contributed by atoms with van der Waals surface area (Å²) >= 11 is 0. The number of carboxylic acids is 1. The van der Waals surface area contributed by atoms with Crippen LogP contribution >= 0.6 is 0 Å². The normalized spacial score (nSPS) is 13.0. The molecule has 1 aliphatic rings. The van der Waals surface area contributed by atoms with Crippen LogP contribution < -0.4 is 5.32 Å². The fourth-order valence-corrected chi connectivity index (χ4v) is 4.38. The predicted octanol–water partition coefficient (Wildman–Crippen LogP) is 4.41. The number of hydrogen-bond donors (Lipinski definition) is 2. The number of alkyl carbamates (subject to hydrolysis) is 1. The Bertz CT molecular complexity index is 945. The van der Waals surface area contributed by atoms with E-state index >= 15 is 0 Å². The van der Waals surface area contributed by atoms with Crippen LogP contribution in [0.1, 0.15) is 56.6 Å². The molecule has 0 aromatic heterocycles. The standard InChI is InChI=1S/C26H32N2O5/c1-3-9-23(25(31)28(15-4-2)16-14-24(29)30)27-26(32)33-17-22-20-12-7-5-10-18(20)19-11-6-8-13-21(19)22/h5-8,10-13,22-23H,3-4,9,14-17H2,1-2H3,(H,27,32)(H,29,30)/t23-/m1/s1. The lowest BCUT2D eigenvalue weighted by Crippen LogP contribution is -2.49. The Kier molecular flexibility index (Phi) is 8.46. The van der Waals surface area contributed by atoms with Crippen LogP contribution in [0.2, 0.25) is 0 Å². The average Bonchev–Trinajstić information content (AvgIpc) is 3.13. The number of carbonyl (C=O) groups excluding carboxylic acids is 2. The monoisotopic (exact) mass is 452 g/mol. The number of nitrogens with one attached hydrogen (secondary N) is 1. The minimum absolute atomic E-state index is 0.0596. The Morgan fingerprint density at radius 1 is 0.970 bits per heavy atom. The van der Waals surface area contributed by atoms with Gasteiger partial charge in [-0.05, 0) is 35.1 Å². The fraction of sp³-hybridized carbons (Fsp3) is 0.423. The van der Waals surface area contributed by atoms with E-state index in [9.17, 15) is 14.4 Å². The molecule has 0 saturated heterocycles. The summed E-state index contributed by atoms with van der Waals surface area (Å²) in [6.45, 7) is 4.59. The van der Waals surface area contributed by atoms with Gasteiger partial charge >= 0.3 is 12.1 Å². The zero-order valence-electron chi connectivity index (χ0n) is 19.3. The van der Waals surface area contributed by atoms with Crippen molar-refractivity contribution in [3.63, 3.8) is 0 Å². The molecule has 176 valence electrons. The van der Waals surface area contributed by atoms with Gasteiger partial charge in [0.1, 0.15) is 12.6 Å². The van der Waals surface area contributed by atoms with Crippen molar-refractivity contribution in [3.05, 3.63) is 59.7 Å². The summed E-state index contributed by atoms with van der Waals surface area (Å²) in [6, 6.07) is 15.5. The number of benzene rings is 2. The number of fused-ring (bicyclic) bond motifs is 3. The van der Waals surface area contributed by atoms with Gasteiger partial charge < -0.3 is 20.1 Å². The van der Waals surface area contributed by atoms with Gasteiger partial charge in [-0.15, -0.1) is 0 Å². The van der Waals surface area contributed by atoms with Crippen LogP contribution in [0.3, 0.4) is 0 Å². The van der Waals surface area contributed by atoms with E-state index in [4.69, 9.17) is 9.84 Å². The summed E-state index contributed by atoms with van der Waals surface area (Å²) in [5, 5.41) is 11.7. The van der Waals surface area contributed by atoms with Gasteiger partial charge in [-0.25, -0.2) is 4.79 Å². The highest BCUT2D eigenvalue weighted by Crippen LogP contribution is 2.44. The molecule has 33 heavy (non-hydrogen) atoms. The molecule has 0 saturated carbocycles. The van der Waals surface area contributed by atoms with Crippen molar-refractivity contribution in [2.24, 2.45) is 0 Å². The minimum atomic E-state index is -0.958. The summed E-state index contributed by atoms with van der Waals surface area (Å²) in [6.07, 6.45) is 1.08. The van der Waals surface area contributed by atoms with Gasteiger partial charge in [0.2, 0.25) is 5.91 Å². The molecule has 0 unspecified atom stereocenters. The highest BCUT2D eigenvalue weighted by atomic mass is 16.5. The zero-order valence-corrected chi connectivity index (χ0v) is 19.3. The second-order valence-electron chi connectivity index (χ2n) is 8.28. The highest BCUT2D eigenvalue weighted by Gasteiger charge is 2.30. The fourth-order valence-electron chi connectivity index (χ4n) is 4.38. The molecule has 0 spiro atoms. The molecule has 1 aliphatic carbocycles. The molecule has 0 aliphatic heterocycles. The lowest BCUT2D eigenvalue weighted by molar-refractivity contribution is -0.139. The van der Waals surface area contributed by atoms with Gasteiger partial charge in [-0.1, -0.05) is 68.8 Å². The van der Waals surface area contributed by atoms with E-state index in [0.717, 1.165) is 22.3 Å². The number of hydrogen-bond acceptors (Lipinski definition) is 4. The molecule has 0 heterocycles. The molecule has 0 bridgehead atoms. The quantitative estimate of drug-likeness (QED) is 0.527. The number of ether oxygens (including phenoxy) is 1. The Morgan fingerprint density at radius 3 is 2.12 bits per heavy atom. The third-order valence-corrected chi connectivity index (χ3v) is 5.91. The first-order chi connectivity index (χ1) is 16.0. The maximum Gasteiger partial charge on any atom is 0.407 e. The van der Waals surface area contributed by atoms with E-state index < -0.39 is 18.1 Å². The van der Waals surface area contributed by atoms with Gasteiger partial charge in [0.15, 0.2) is 0 Å². The summed E-state index contributed by atoms with van der Waals surface area (Å²) in [4.78, 5) is 38.2. The predicted molar refractivity (Wildman–Crippen MR) is 126 cm³/mol. The first kappa shape index (κ1) is 24.3. The van der Waals surface area contributed by atoms with Crippen LogP contribution in [0.25, 0.3) is 11.1 Å². The first-order valence-electron chi connectivity index (χ1n) is 11.6. The Morgan fingerprint density at radius 2 is 1.58 bits per heavy atom. The number of aliphatic carboxylic acids is 1. The number of amides is 2. The van der Waals surface area contributed by atoms with Gasteiger partial charge in [0.25, 0.3) is 0 Å².